The average molecular weight is 538 g/mol. The van der Waals surface area contributed by atoms with E-state index < -0.39 is 29.0 Å². The number of hydrogen-bond acceptors (Lipinski definition) is 11. The topological polar surface area (TPSA) is 142 Å². The van der Waals surface area contributed by atoms with Crippen LogP contribution in [0.3, 0.4) is 0 Å². The number of Topliss-reactive ketones (excluding diaryl/α,β-unsaturated/α-hetero) is 2. The number of hydrogen-bond donors (Lipinski definition) is 2. The molecule has 0 aliphatic carbocycles. The second kappa shape index (κ2) is 14.1. The third-order valence-corrected chi connectivity index (χ3v) is 6.07. The third kappa shape index (κ3) is 7.76. The second-order valence-electron chi connectivity index (χ2n) is 8.67. The molecule has 1 aliphatic rings. The number of halogens is 1. The summed E-state index contributed by atoms with van der Waals surface area (Å²) in [5, 5.41) is 9.16. The molecule has 0 aromatic heterocycles. The number of esters is 1. The Bertz CT molecular complexity index is 1080. The van der Waals surface area contributed by atoms with E-state index in [1.807, 2.05) is 19.1 Å². The molecule has 1 aromatic carbocycles. The van der Waals surface area contributed by atoms with Gasteiger partial charge in [0.2, 0.25) is 11.6 Å². The Balaban J connectivity index is 2.16. The van der Waals surface area contributed by atoms with E-state index in [1.54, 1.807) is 12.1 Å². The van der Waals surface area contributed by atoms with Crippen molar-refractivity contribution in [2.45, 2.75) is 32.2 Å². The van der Waals surface area contributed by atoms with Crippen LogP contribution in [-0.2, 0) is 33.6 Å². The van der Waals surface area contributed by atoms with Crippen molar-refractivity contribution < 1.29 is 33.6 Å². The van der Waals surface area contributed by atoms with Crippen LogP contribution in [0.15, 0.2) is 52.0 Å². The van der Waals surface area contributed by atoms with Gasteiger partial charge in [-0.25, -0.2) is 14.6 Å². The Hall–Kier alpha value is -2.96. The van der Waals surface area contributed by atoms with Gasteiger partial charge in [0.25, 0.3) is 0 Å². The molecular weight excluding hydrogens is 506 g/mol. The van der Waals surface area contributed by atoms with Gasteiger partial charge in [-0.3, -0.25) is 9.59 Å². The minimum absolute atomic E-state index is 0.0256. The molecule has 0 fully saturated rings. The fourth-order valence-corrected chi connectivity index (χ4v) is 4.00. The van der Waals surface area contributed by atoms with Crippen molar-refractivity contribution in [2.24, 2.45) is 5.18 Å². The highest BCUT2D eigenvalue weighted by Gasteiger charge is 2.36. The fraction of sp³-hybridized carbons (Fsp3) is 0.480. The van der Waals surface area contributed by atoms with Gasteiger partial charge in [-0.2, -0.15) is 0 Å². The summed E-state index contributed by atoms with van der Waals surface area (Å²) in [7, 11) is 2.68. The lowest BCUT2D eigenvalue weighted by atomic mass is 9.80. The van der Waals surface area contributed by atoms with Crippen molar-refractivity contribution in [3.05, 3.63) is 62.3 Å². The molecular formula is C25H32ClN3O8. The molecule has 202 valence electrons. The number of benzene rings is 1. The molecule has 1 heterocycles. The molecule has 1 aliphatic heterocycles. The minimum atomic E-state index is -1.60. The fourth-order valence-electron chi connectivity index (χ4n) is 3.75. The molecule has 1 aromatic rings. The number of allylic oxidation sites excluding steroid dienone is 1. The number of nitrogens with zero attached hydrogens (tertiary/aromatic N) is 1. The third-order valence-electron chi connectivity index (χ3n) is 5.73. The van der Waals surface area contributed by atoms with Gasteiger partial charge in [-0.1, -0.05) is 35.0 Å². The number of ether oxygens (including phenoxy) is 2. The number of nitroso groups, excluding NO2 is 1. The second-order valence-corrected chi connectivity index (χ2v) is 9.08. The minimum Gasteiger partial charge on any atom is -0.466 e. The highest BCUT2D eigenvalue weighted by Crippen LogP contribution is 2.41. The van der Waals surface area contributed by atoms with Gasteiger partial charge in [-0.15, -0.1) is 4.91 Å². The molecule has 0 amide bonds. The van der Waals surface area contributed by atoms with Crippen LogP contribution in [-0.4, -0.2) is 70.2 Å². The van der Waals surface area contributed by atoms with Crippen LogP contribution in [0.4, 0.5) is 0 Å². The molecule has 2 N–H and O–H groups in total. The number of ketones is 2. The number of carbonyl (C=O) groups excluding carboxylic acids is 3. The predicted octanol–water partition coefficient (Wildman–Crippen LogP) is 2.60. The van der Waals surface area contributed by atoms with Crippen LogP contribution < -0.4 is 10.6 Å². The van der Waals surface area contributed by atoms with Crippen LogP contribution in [0, 0.1) is 4.91 Å². The smallest absolute Gasteiger partial charge is 0.336 e. The lowest BCUT2D eigenvalue weighted by Gasteiger charge is -2.32. The molecule has 1 atom stereocenters. The lowest BCUT2D eigenvalue weighted by Crippen LogP contribution is -2.40. The number of methoxy groups -OCH3 is 1. The van der Waals surface area contributed by atoms with Crippen LogP contribution >= 0.6 is 11.6 Å². The number of carbonyl (C=O) groups is 3. The summed E-state index contributed by atoms with van der Waals surface area (Å²) in [6.07, 6.45) is 0. The standard InChI is InChI=1S/C25H32ClN3O8/c1-15-17(13-37-35-5)21(16-8-6-7-9-18(16)26)22(24(32)34-4)19(28-15)14-36-11-10-27-12-20(30)23(31)25(2,3)29-33/h6-9,21,27-28H,10-14H2,1-5H3. The normalized spacial score (nSPS) is 15.9. The molecule has 11 nitrogen and oxygen atoms in total. The maximum absolute atomic E-state index is 13.0. The predicted molar refractivity (Wildman–Crippen MR) is 136 cm³/mol. The van der Waals surface area contributed by atoms with Crippen LogP contribution in [0.2, 0.25) is 5.02 Å². The summed E-state index contributed by atoms with van der Waals surface area (Å²) >= 11 is 6.51. The first-order valence-electron chi connectivity index (χ1n) is 11.5. The summed E-state index contributed by atoms with van der Waals surface area (Å²) in [6.45, 7) is 4.66. The Morgan fingerprint density at radius 3 is 2.49 bits per heavy atom. The number of dihydropyridines is 1. The van der Waals surface area contributed by atoms with Crippen molar-refractivity contribution in [1.82, 2.24) is 10.6 Å². The van der Waals surface area contributed by atoms with E-state index >= 15 is 0 Å². The molecule has 0 saturated carbocycles. The van der Waals surface area contributed by atoms with Crippen LogP contribution in [0.5, 0.6) is 0 Å². The molecule has 1 unspecified atom stereocenters. The van der Waals surface area contributed by atoms with E-state index in [-0.39, 0.29) is 32.9 Å². The summed E-state index contributed by atoms with van der Waals surface area (Å²) in [5.41, 5.74) is 1.36. The van der Waals surface area contributed by atoms with E-state index in [2.05, 4.69) is 15.8 Å². The molecule has 0 spiro atoms. The van der Waals surface area contributed by atoms with Gasteiger partial charge in [0.1, 0.15) is 6.61 Å². The zero-order valence-corrected chi connectivity index (χ0v) is 22.3. The average Bonchev–Trinajstić information content (AvgIpc) is 2.88. The van der Waals surface area contributed by atoms with Crippen LogP contribution in [0.25, 0.3) is 0 Å². The number of rotatable bonds is 15. The van der Waals surface area contributed by atoms with Crippen LogP contribution in [0.1, 0.15) is 32.3 Å². The number of nitrogens with one attached hydrogen (secondary N) is 2. The molecule has 0 saturated heterocycles. The van der Waals surface area contributed by atoms with Crippen molar-refractivity contribution in [2.75, 3.05) is 47.1 Å². The van der Waals surface area contributed by atoms with Gasteiger partial charge in [0, 0.05) is 23.2 Å². The van der Waals surface area contributed by atoms with Gasteiger partial charge < -0.3 is 20.1 Å². The Morgan fingerprint density at radius 2 is 1.86 bits per heavy atom. The van der Waals surface area contributed by atoms with Crippen molar-refractivity contribution in [1.29, 1.82) is 0 Å². The largest absolute Gasteiger partial charge is 0.466 e. The van der Waals surface area contributed by atoms with Gasteiger partial charge in [-0.05, 0) is 38.0 Å². The van der Waals surface area contributed by atoms with E-state index in [0.29, 0.717) is 21.9 Å². The summed E-state index contributed by atoms with van der Waals surface area (Å²) in [4.78, 5) is 57.6. The first-order valence-corrected chi connectivity index (χ1v) is 11.8. The first kappa shape index (κ1) is 30.3. The Kier molecular flexibility index (Phi) is 11.5. The first-order chi connectivity index (χ1) is 17.6. The Labute approximate surface area is 220 Å². The molecule has 2 rings (SSSR count). The molecule has 0 bridgehead atoms. The maximum Gasteiger partial charge on any atom is 0.336 e. The van der Waals surface area contributed by atoms with Crippen molar-refractivity contribution in [3.8, 4) is 0 Å². The Morgan fingerprint density at radius 1 is 1.16 bits per heavy atom. The lowest BCUT2D eigenvalue weighted by molar-refractivity contribution is -0.265. The summed E-state index contributed by atoms with van der Waals surface area (Å²) in [5.74, 6) is -2.75. The van der Waals surface area contributed by atoms with E-state index in [4.69, 9.17) is 30.8 Å². The summed E-state index contributed by atoms with van der Waals surface area (Å²) < 4.78 is 10.8. The quantitative estimate of drug-likeness (QED) is 0.0855. The zero-order valence-electron chi connectivity index (χ0n) is 21.5. The maximum atomic E-state index is 13.0. The van der Waals surface area contributed by atoms with E-state index in [9.17, 15) is 19.3 Å². The van der Waals surface area contributed by atoms with Gasteiger partial charge in [0.15, 0.2) is 5.54 Å². The molecule has 37 heavy (non-hydrogen) atoms. The van der Waals surface area contributed by atoms with Gasteiger partial charge >= 0.3 is 5.97 Å². The monoisotopic (exact) mass is 537 g/mol. The SMILES string of the molecule is COOCC1=C(C)NC(COCCNCC(=O)C(=O)C(C)(C)N=O)=C(C(=O)OC)C1c1ccccc1Cl. The zero-order chi connectivity index (χ0) is 27.6. The van der Waals surface area contributed by atoms with Crippen molar-refractivity contribution in [3.63, 3.8) is 0 Å². The van der Waals surface area contributed by atoms with E-state index in [1.165, 1.54) is 28.1 Å². The molecule has 0 radical (unpaired) electrons. The van der Waals surface area contributed by atoms with E-state index in [0.717, 1.165) is 11.3 Å². The highest BCUT2D eigenvalue weighted by molar-refractivity contribution is 6.41. The van der Waals surface area contributed by atoms with Crippen molar-refractivity contribution >= 4 is 29.1 Å². The summed E-state index contributed by atoms with van der Waals surface area (Å²) in [6, 6.07) is 7.17. The molecule has 12 heteroatoms. The highest BCUT2D eigenvalue weighted by atomic mass is 35.5. The van der Waals surface area contributed by atoms with Gasteiger partial charge in [0.05, 0.1) is 45.2 Å².